The summed E-state index contributed by atoms with van der Waals surface area (Å²) in [6.07, 6.45) is 0.791. The van der Waals surface area contributed by atoms with Crippen LogP contribution in [0.15, 0.2) is 18.2 Å². The number of ether oxygens (including phenoxy) is 1. The van der Waals surface area contributed by atoms with Gasteiger partial charge in [-0.15, -0.1) is 0 Å². The molecule has 0 amide bonds. The highest BCUT2D eigenvalue weighted by Gasteiger charge is 2.20. The summed E-state index contributed by atoms with van der Waals surface area (Å²) in [6.45, 7) is 5.14. The molecule has 0 aliphatic heterocycles. The molecule has 6 heteroatoms. The van der Waals surface area contributed by atoms with Gasteiger partial charge in [0.05, 0.1) is 4.92 Å². The fraction of sp³-hybridized carbons (Fsp3) is 0.538. The van der Waals surface area contributed by atoms with Crippen molar-refractivity contribution >= 4 is 17.1 Å². The first-order valence-corrected chi connectivity index (χ1v) is 6.36. The minimum atomic E-state index is -0.358. The Bertz CT molecular complexity index is 424. The number of benzene rings is 1. The Labute approximate surface area is 113 Å². The second kappa shape index (κ2) is 7.58. The molecule has 2 N–H and O–H groups in total. The number of nitrogens with one attached hydrogen (secondary N) is 2. The topological polar surface area (TPSA) is 76.4 Å². The maximum absolute atomic E-state index is 11.2. The summed E-state index contributed by atoms with van der Waals surface area (Å²) in [5.41, 5.74) is 1.16. The summed E-state index contributed by atoms with van der Waals surface area (Å²) >= 11 is 0. The molecule has 0 spiro atoms. The van der Waals surface area contributed by atoms with Crippen LogP contribution in [-0.2, 0) is 4.74 Å². The van der Waals surface area contributed by atoms with E-state index in [0.717, 1.165) is 6.42 Å². The predicted octanol–water partition coefficient (Wildman–Crippen LogP) is 2.86. The molecule has 19 heavy (non-hydrogen) atoms. The summed E-state index contributed by atoms with van der Waals surface area (Å²) in [4.78, 5) is 10.9. The van der Waals surface area contributed by atoms with Crippen LogP contribution in [0.4, 0.5) is 17.1 Å². The van der Waals surface area contributed by atoms with Gasteiger partial charge >= 0.3 is 5.69 Å². The van der Waals surface area contributed by atoms with Crippen molar-refractivity contribution in [3.05, 3.63) is 28.3 Å². The lowest BCUT2D eigenvalue weighted by molar-refractivity contribution is -0.383. The third kappa shape index (κ3) is 4.40. The molecule has 0 heterocycles. The first-order valence-electron chi connectivity index (χ1n) is 6.36. The van der Waals surface area contributed by atoms with Gasteiger partial charge in [0.15, 0.2) is 0 Å². The zero-order chi connectivity index (χ0) is 14.3. The van der Waals surface area contributed by atoms with Crippen LogP contribution in [0, 0.1) is 10.1 Å². The van der Waals surface area contributed by atoms with Crippen LogP contribution in [0.25, 0.3) is 0 Å². The van der Waals surface area contributed by atoms with Gasteiger partial charge in [-0.2, -0.15) is 0 Å². The van der Waals surface area contributed by atoms with E-state index in [-0.39, 0.29) is 16.7 Å². The standard InChI is InChI=1S/C13H21N3O3/c1-4-14-11-6-5-7-12(13(11)16(17)18)15-10(2)8-9-19-3/h5-7,10,14-15H,4,8-9H2,1-3H3. The molecule has 1 aromatic carbocycles. The fourth-order valence-corrected chi connectivity index (χ4v) is 1.82. The van der Waals surface area contributed by atoms with Crippen LogP contribution < -0.4 is 10.6 Å². The Morgan fingerprint density at radius 1 is 1.42 bits per heavy atom. The van der Waals surface area contributed by atoms with E-state index < -0.39 is 0 Å². The lowest BCUT2D eigenvalue weighted by atomic mass is 10.2. The second-order valence-corrected chi connectivity index (χ2v) is 4.32. The number of para-hydroxylation sites is 1. The van der Waals surface area contributed by atoms with Gasteiger partial charge in [-0.1, -0.05) is 6.07 Å². The van der Waals surface area contributed by atoms with Gasteiger partial charge in [0.25, 0.3) is 0 Å². The Hall–Kier alpha value is -1.82. The van der Waals surface area contributed by atoms with E-state index in [2.05, 4.69) is 10.6 Å². The number of nitro benzene ring substituents is 1. The van der Waals surface area contributed by atoms with Gasteiger partial charge in [0.2, 0.25) is 0 Å². The number of hydrogen-bond donors (Lipinski definition) is 2. The highest BCUT2D eigenvalue weighted by molar-refractivity contribution is 5.76. The van der Waals surface area contributed by atoms with E-state index in [1.165, 1.54) is 0 Å². The Morgan fingerprint density at radius 2 is 2.11 bits per heavy atom. The number of nitro groups is 1. The van der Waals surface area contributed by atoms with Crippen molar-refractivity contribution in [3.8, 4) is 0 Å². The van der Waals surface area contributed by atoms with Gasteiger partial charge in [0, 0.05) is 26.3 Å². The first-order chi connectivity index (χ1) is 9.10. The van der Waals surface area contributed by atoms with Crippen LogP contribution in [0.5, 0.6) is 0 Å². The molecule has 0 fully saturated rings. The van der Waals surface area contributed by atoms with Crippen molar-refractivity contribution in [1.29, 1.82) is 0 Å². The lowest BCUT2D eigenvalue weighted by Gasteiger charge is -2.16. The molecule has 0 aliphatic carbocycles. The van der Waals surface area contributed by atoms with Crippen LogP contribution in [0.3, 0.4) is 0 Å². The summed E-state index contributed by atoms with van der Waals surface area (Å²) in [6, 6.07) is 5.35. The molecule has 0 bridgehead atoms. The van der Waals surface area contributed by atoms with Crippen LogP contribution in [0.2, 0.25) is 0 Å². The Morgan fingerprint density at radius 3 is 2.68 bits per heavy atom. The molecular weight excluding hydrogens is 246 g/mol. The van der Waals surface area contributed by atoms with E-state index in [0.29, 0.717) is 24.5 Å². The van der Waals surface area contributed by atoms with Crippen molar-refractivity contribution in [2.24, 2.45) is 0 Å². The number of rotatable bonds is 8. The van der Waals surface area contributed by atoms with Crippen LogP contribution in [0.1, 0.15) is 20.3 Å². The normalized spacial score (nSPS) is 11.9. The van der Waals surface area contributed by atoms with E-state index in [1.54, 1.807) is 25.3 Å². The van der Waals surface area contributed by atoms with E-state index in [1.807, 2.05) is 13.8 Å². The maximum Gasteiger partial charge on any atom is 0.315 e. The SMILES string of the molecule is CCNc1cccc(NC(C)CCOC)c1[N+](=O)[O-]. The van der Waals surface area contributed by atoms with Crippen LogP contribution >= 0.6 is 0 Å². The van der Waals surface area contributed by atoms with Gasteiger partial charge in [-0.05, 0) is 32.4 Å². The zero-order valence-electron chi connectivity index (χ0n) is 11.6. The summed E-state index contributed by atoms with van der Waals surface area (Å²) in [7, 11) is 1.64. The highest BCUT2D eigenvalue weighted by atomic mass is 16.6. The Balaban J connectivity index is 2.93. The molecule has 6 nitrogen and oxygen atoms in total. The summed E-state index contributed by atoms with van der Waals surface area (Å²) < 4.78 is 5.00. The van der Waals surface area contributed by atoms with Crippen molar-refractivity contribution in [2.75, 3.05) is 30.9 Å². The molecule has 0 saturated carbocycles. The quantitative estimate of drug-likeness (QED) is 0.559. The number of methoxy groups -OCH3 is 1. The molecule has 0 aromatic heterocycles. The summed E-state index contributed by atoms with van der Waals surface area (Å²) in [5, 5.41) is 17.4. The first kappa shape index (κ1) is 15.2. The van der Waals surface area contributed by atoms with Gasteiger partial charge in [0.1, 0.15) is 11.4 Å². The maximum atomic E-state index is 11.2. The summed E-state index contributed by atoms with van der Waals surface area (Å²) in [5.74, 6) is 0. The average Bonchev–Trinajstić information content (AvgIpc) is 2.36. The van der Waals surface area contributed by atoms with E-state index >= 15 is 0 Å². The van der Waals surface area contributed by atoms with Gasteiger partial charge in [-0.3, -0.25) is 10.1 Å². The average molecular weight is 267 g/mol. The molecule has 0 radical (unpaired) electrons. The number of anilines is 2. The number of nitrogens with zero attached hydrogens (tertiary/aromatic N) is 1. The molecular formula is C13H21N3O3. The Kier molecular flexibility index (Phi) is 6.08. The molecule has 1 rings (SSSR count). The number of hydrogen-bond acceptors (Lipinski definition) is 5. The van der Waals surface area contributed by atoms with Crippen molar-refractivity contribution < 1.29 is 9.66 Å². The second-order valence-electron chi connectivity index (χ2n) is 4.32. The van der Waals surface area contributed by atoms with E-state index in [9.17, 15) is 10.1 Å². The predicted molar refractivity (Wildman–Crippen MR) is 76.8 cm³/mol. The fourth-order valence-electron chi connectivity index (χ4n) is 1.82. The molecule has 0 aliphatic rings. The molecule has 1 unspecified atom stereocenters. The third-order valence-corrected chi connectivity index (χ3v) is 2.74. The smallest absolute Gasteiger partial charge is 0.315 e. The third-order valence-electron chi connectivity index (χ3n) is 2.74. The van der Waals surface area contributed by atoms with Crippen molar-refractivity contribution in [2.45, 2.75) is 26.3 Å². The minimum Gasteiger partial charge on any atom is -0.385 e. The van der Waals surface area contributed by atoms with Crippen molar-refractivity contribution in [1.82, 2.24) is 0 Å². The van der Waals surface area contributed by atoms with Crippen LogP contribution in [-0.4, -0.2) is 31.2 Å². The molecule has 106 valence electrons. The van der Waals surface area contributed by atoms with Gasteiger partial charge < -0.3 is 15.4 Å². The monoisotopic (exact) mass is 267 g/mol. The van der Waals surface area contributed by atoms with E-state index in [4.69, 9.17) is 4.74 Å². The largest absolute Gasteiger partial charge is 0.385 e. The molecule has 1 aromatic rings. The minimum absolute atomic E-state index is 0.0913. The van der Waals surface area contributed by atoms with Crippen molar-refractivity contribution in [3.63, 3.8) is 0 Å². The lowest BCUT2D eigenvalue weighted by Crippen LogP contribution is -2.18. The highest BCUT2D eigenvalue weighted by Crippen LogP contribution is 2.33. The van der Waals surface area contributed by atoms with Gasteiger partial charge in [-0.25, -0.2) is 0 Å². The molecule has 1 atom stereocenters. The molecule has 0 saturated heterocycles. The zero-order valence-corrected chi connectivity index (χ0v) is 11.6.